The number of pyridine rings is 1. The highest BCUT2D eigenvalue weighted by molar-refractivity contribution is 5.79. The van der Waals surface area contributed by atoms with Gasteiger partial charge in [-0.15, -0.1) is 0 Å². The molecule has 28 heavy (non-hydrogen) atoms. The number of rotatable bonds is 5. The molecule has 6 nitrogen and oxygen atoms in total. The van der Waals surface area contributed by atoms with Crippen molar-refractivity contribution < 1.29 is 18.7 Å². The van der Waals surface area contributed by atoms with E-state index in [0.717, 1.165) is 11.1 Å². The lowest BCUT2D eigenvalue weighted by atomic mass is 10.1. The van der Waals surface area contributed by atoms with Gasteiger partial charge in [0.15, 0.2) is 12.2 Å². The number of fused-ring (bicyclic) bond motifs is 1. The lowest BCUT2D eigenvalue weighted by Gasteiger charge is -2.09. The van der Waals surface area contributed by atoms with Crippen LogP contribution in [0.5, 0.6) is 11.5 Å². The molecule has 6 heteroatoms. The van der Waals surface area contributed by atoms with Gasteiger partial charge in [0.2, 0.25) is 5.89 Å². The van der Waals surface area contributed by atoms with Crippen LogP contribution in [0.4, 0.5) is 0 Å². The van der Waals surface area contributed by atoms with E-state index < -0.39 is 5.97 Å². The number of carbonyl (C=O) groups is 1. The molecule has 0 aliphatic rings. The molecule has 0 saturated heterocycles. The van der Waals surface area contributed by atoms with Crippen LogP contribution in [-0.2, 0) is 4.79 Å². The maximum absolute atomic E-state index is 12.1. The Morgan fingerprint density at radius 3 is 2.79 bits per heavy atom. The van der Waals surface area contributed by atoms with Crippen LogP contribution in [0.2, 0.25) is 0 Å². The SMILES string of the molecule is Cc1ccc(C)c(OCC(=O)Oc2ccc3nc(-c4ccccn4)oc3c2)c1. The summed E-state index contributed by atoms with van der Waals surface area (Å²) in [5.74, 6) is 0.954. The van der Waals surface area contributed by atoms with Crippen molar-refractivity contribution in [3.63, 3.8) is 0 Å². The van der Waals surface area contributed by atoms with Gasteiger partial charge in [-0.05, 0) is 55.3 Å². The Labute approximate surface area is 161 Å². The van der Waals surface area contributed by atoms with Gasteiger partial charge in [-0.2, -0.15) is 0 Å². The molecule has 0 fully saturated rings. The third kappa shape index (κ3) is 3.86. The smallest absolute Gasteiger partial charge is 0.349 e. The monoisotopic (exact) mass is 374 g/mol. The highest BCUT2D eigenvalue weighted by atomic mass is 16.6. The first-order valence-electron chi connectivity index (χ1n) is 8.81. The van der Waals surface area contributed by atoms with Crippen LogP contribution < -0.4 is 9.47 Å². The summed E-state index contributed by atoms with van der Waals surface area (Å²) in [5, 5.41) is 0. The molecule has 4 aromatic rings. The number of hydrogen-bond donors (Lipinski definition) is 0. The maximum atomic E-state index is 12.1. The van der Waals surface area contributed by atoms with E-state index in [1.54, 1.807) is 24.4 Å². The Morgan fingerprint density at radius 1 is 1.07 bits per heavy atom. The van der Waals surface area contributed by atoms with Crippen LogP contribution >= 0.6 is 0 Å². The van der Waals surface area contributed by atoms with E-state index in [1.165, 1.54) is 0 Å². The molecule has 0 spiro atoms. The topological polar surface area (TPSA) is 74.5 Å². The fourth-order valence-electron chi connectivity index (χ4n) is 2.73. The molecule has 0 unspecified atom stereocenters. The number of aromatic nitrogens is 2. The van der Waals surface area contributed by atoms with Gasteiger partial charge >= 0.3 is 5.97 Å². The van der Waals surface area contributed by atoms with Crippen LogP contribution in [0.15, 0.2) is 65.2 Å². The quantitative estimate of drug-likeness (QED) is 0.378. The second-order valence-electron chi connectivity index (χ2n) is 6.40. The zero-order valence-corrected chi connectivity index (χ0v) is 15.5. The number of hydrogen-bond acceptors (Lipinski definition) is 6. The number of esters is 1. The van der Waals surface area contributed by atoms with Crippen molar-refractivity contribution in [3.05, 3.63) is 71.9 Å². The maximum Gasteiger partial charge on any atom is 0.349 e. The van der Waals surface area contributed by atoms with E-state index in [1.807, 2.05) is 50.2 Å². The van der Waals surface area contributed by atoms with Crippen LogP contribution in [0.25, 0.3) is 22.7 Å². The van der Waals surface area contributed by atoms with E-state index >= 15 is 0 Å². The molecular formula is C22H18N2O4. The molecule has 4 rings (SSSR count). The third-order valence-corrected chi connectivity index (χ3v) is 4.16. The predicted octanol–water partition coefficient (Wildman–Crippen LogP) is 4.49. The Bertz CT molecular complexity index is 1140. The summed E-state index contributed by atoms with van der Waals surface area (Å²) < 4.78 is 16.7. The van der Waals surface area contributed by atoms with Gasteiger partial charge < -0.3 is 13.9 Å². The van der Waals surface area contributed by atoms with E-state index in [2.05, 4.69) is 9.97 Å². The summed E-state index contributed by atoms with van der Waals surface area (Å²) in [7, 11) is 0. The van der Waals surface area contributed by atoms with Gasteiger partial charge in [-0.1, -0.05) is 18.2 Å². The fraction of sp³-hybridized carbons (Fsp3) is 0.136. The Morgan fingerprint density at radius 2 is 1.96 bits per heavy atom. The number of ether oxygens (including phenoxy) is 2. The molecule has 140 valence electrons. The van der Waals surface area contributed by atoms with Gasteiger partial charge in [0, 0.05) is 12.3 Å². The minimum Gasteiger partial charge on any atom is -0.482 e. The summed E-state index contributed by atoms with van der Waals surface area (Å²) in [6.45, 7) is 3.71. The van der Waals surface area contributed by atoms with Crippen molar-refractivity contribution in [2.45, 2.75) is 13.8 Å². The number of benzene rings is 2. The largest absolute Gasteiger partial charge is 0.482 e. The Kier molecular flexibility index (Phi) is 4.76. The summed E-state index contributed by atoms with van der Waals surface area (Å²) >= 11 is 0. The minimum atomic E-state index is -0.496. The zero-order chi connectivity index (χ0) is 19.5. The molecule has 0 radical (unpaired) electrons. The molecule has 0 N–H and O–H groups in total. The second kappa shape index (κ2) is 7.52. The summed E-state index contributed by atoms with van der Waals surface area (Å²) in [5.41, 5.74) is 3.84. The summed E-state index contributed by atoms with van der Waals surface area (Å²) in [6, 6.07) is 16.4. The van der Waals surface area contributed by atoms with Crippen LogP contribution in [0.3, 0.4) is 0 Å². The molecular weight excluding hydrogens is 356 g/mol. The Balaban J connectivity index is 1.45. The number of oxazole rings is 1. The van der Waals surface area contributed by atoms with Crippen molar-refractivity contribution in [1.29, 1.82) is 0 Å². The number of nitrogens with zero attached hydrogens (tertiary/aromatic N) is 2. The minimum absolute atomic E-state index is 0.183. The zero-order valence-electron chi connectivity index (χ0n) is 15.5. The van der Waals surface area contributed by atoms with E-state index in [4.69, 9.17) is 13.9 Å². The van der Waals surface area contributed by atoms with E-state index in [0.29, 0.717) is 34.2 Å². The van der Waals surface area contributed by atoms with E-state index in [9.17, 15) is 4.79 Å². The highest BCUT2D eigenvalue weighted by Gasteiger charge is 2.12. The molecule has 0 amide bonds. The number of aryl methyl sites for hydroxylation is 2. The normalized spacial score (nSPS) is 10.8. The standard InChI is InChI=1S/C22H18N2O4/c1-14-6-7-15(2)19(11-14)26-13-21(25)27-16-8-9-17-20(12-16)28-22(24-17)18-5-3-4-10-23-18/h3-12H,13H2,1-2H3. The van der Waals surface area contributed by atoms with Gasteiger partial charge in [0.25, 0.3) is 0 Å². The van der Waals surface area contributed by atoms with Crippen molar-refractivity contribution in [2.24, 2.45) is 0 Å². The first-order chi connectivity index (χ1) is 13.6. The molecule has 2 heterocycles. The fourth-order valence-corrected chi connectivity index (χ4v) is 2.73. The van der Waals surface area contributed by atoms with Crippen LogP contribution in [-0.4, -0.2) is 22.5 Å². The van der Waals surface area contributed by atoms with Crippen molar-refractivity contribution in [3.8, 4) is 23.1 Å². The van der Waals surface area contributed by atoms with Crippen molar-refractivity contribution >= 4 is 17.1 Å². The summed E-state index contributed by atoms with van der Waals surface area (Å²) in [4.78, 5) is 20.8. The average molecular weight is 374 g/mol. The lowest BCUT2D eigenvalue weighted by molar-refractivity contribution is -0.136. The molecule has 0 aliphatic heterocycles. The first kappa shape index (κ1) is 17.7. The van der Waals surface area contributed by atoms with Crippen LogP contribution in [0, 0.1) is 13.8 Å². The molecule has 0 aliphatic carbocycles. The van der Waals surface area contributed by atoms with Gasteiger partial charge in [0.05, 0.1) is 0 Å². The van der Waals surface area contributed by atoms with Crippen molar-refractivity contribution in [1.82, 2.24) is 9.97 Å². The van der Waals surface area contributed by atoms with Gasteiger partial charge in [0.1, 0.15) is 22.7 Å². The highest BCUT2D eigenvalue weighted by Crippen LogP contribution is 2.26. The predicted molar refractivity (Wildman–Crippen MR) is 104 cm³/mol. The molecule has 0 bridgehead atoms. The molecule has 0 saturated carbocycles. The van der Waals surface area contributed by atoms with Gasteiger partial charge in [-0.25, -0.2) is 9.78 Å². The summed E-state index contributed by atoms with van der Waals surface area (Å²) in [6.07, 6.45) is 1.67. The molecule has 2 aromatic carbocycles. The van der Waals surface area contributed by atoms with Crippen molar-refractivity contribution in [2.75, 3.05) is 6.61 Å². The Hall–Kier alpha value is -3.67. The van der Waals surface area contributed by atoms with Crippen LogP contribution in [0.1, 0.15) is 11.1 Å². The molecule has 2 aromatic heterocycles. The first-order valence-corrected chi connectivity index (χ1v) is 8.81. The molecule has 0 atom stereocenters. The third-order valence-electron chi connectivity index (χ3n) is 4.16. The van der Waals surface area contributed by atoms with Gasteiger partial charge in [-0.3, -0.25) is 4.98 Å². The van der Waals surface area contributed by atoms with E-state index in [-0.39, 0.29) is 6.61 Å². The lowest BCUT2D eigenvalue weighted by Crippen LogP contribution is -2.18. The average Bonchev–Trinajstić information content (AvgIpc) is 3.13. The number of carbonyl (C=O) groups excluding carboxylic acids is 1. The second-order valence-corrected chi connectivity index (χ2v) is 6.40.